The molecule has 20 heavy (non-hydrogen) atoms. The summed E-state index contributed by atoms with van der Waals surface area (Å²) in [6.07, 6.45) is 5.66. The second-order valence-electron chi connectivity index (χ2n) is 6.07. The molecule has 2 fully saturated rings. The summed E-state index contributed by atoms with van der Waals surface area (Å²) >= 11 is 1.75. The van der Waals surface area contributed by atoms with Crippen LogP contribution in [0.25, 0.3) is 0 Å². The molecular formula is C15H25N3OS. The third-order valence-corrected chi connectivity index (χ3v) is 5.59. The molecule has 1 aliphatic heterocycles. The SMILES string of the molecule is Cc1csc(N2CCCN(C3CCCCC3O)CC2)n1. The van der Waals surface area contributed by atoms with E-state index in [1.807, 2.05) is 0 Å². The third kappa shape index (κ3) is 3.15. The molecule has 2 unspecified atom stereocenters. The van der Waals surface area contributed by atoms with Gasteiger partial charge in [-0.2, -0.15) is 0 Å². The molecule has 0 bridgehead atoms. The molecular weight excluding hydrogens is 270 g/mol. The Morgan fingerprint density at radius 1 is 1.15 bits per heavy atom. The molecule has 0 radical (unpaired) electrons. The molecule has 1 aromatic rings. The first-order valence-electron chi connectivity index (χ1n) is 7.83. The van der Waals surface area contributed by atoms with E-state index in [4.69, 9.17) is 0 Å². The maximum Gasteiger partial charge on any atom is 0.185 e. The monoisotopic (exact) mass is 295 g/mol. The number of hydrogen-bond acceptors (Lipinski definition) is 5. The van der Waals surface area contributed by atoms with E-state index >= 15 is 0 Å². The number of anilines is 1. The molecule has 0 amide bonds. The van der Waals surface area contributed by atoms with Crippen LogP contribution in [-0.2, 0) is 0 Å². The van der Waals surface area contributed by atoms with Crippen molar-refractivity contribution in [3.05, 3.63) is 11.1 Å². The summed E-state index contributed by atoms with van der Waals surface area (Å²) in [6, 6.07) is 0.390. The number of aromatic nitrogens is 1. The van der Waals surface area contributed by atoms with Crippen LogP contribution in [0.5, 0.6) is 0 Å². The summed E-state index contributed by atoms with van der Waals surface area (Å²) in [5, 5.41) is 13.5. The standard InChI is InChI=1S/C15H25N3OS/c1-12-11-20-15(16-12)18-8-4-7-17(9-10-18)13-5-2-3-6-14(13)19/h11,13-14,19H,2-10H2,1H3. The average Bonchev–Trinajstić information content (AvgIpc) is 2.74. The van der Waals surface area contributed by atoms with Crippen LogP contribution in [0.15, 0.2) is 5.38 Å². The van der Waals surface area contributed by atoms with Gasteiger partial charge in [-0.15, -0.1) is 11.3 Å². The van der Waals surface area contributed by atoms with Crippen LogP contribution < -0.4 is 4.90 Å². The highest BCUT2D eigenvalue weighted by atomic mass is 32.1. The number of aliphatic hydroxyl groups excluding tert-OH is 1. The normalized spacial score (nSPS) is 29.4. The molecule has 1 saturated heterocycles. The number of aryl methyl sites for hydroxylation is 1. The van der Waals surface area contributed by atoms with E-state index in [0.717, 1.165) is 49.8 Å². The minimum atomic E-state index is -0.114. The van der Waals surface area contributed by atoms with E-state index < -0.39 is 0 Å². The van der Waals surface area contributed by atoms with E-state index in [2.05, 4.69) is 27.1 Å². The molecule has 1 saturated carbocycles. The highest BCUT2D eigenvalue weighted by Crippen LogP contribution is 2.26. The van der Waals surface area contributed by atoms with Crippen molar-refractivity contribution in [3.8, 4) is 0 Å². The van der Waals surface area contributed by atoms with Gasteiger partial charge in [0.1, 0.15) is 0 Å². The lowest BCUT2D eigenvalue weighted by Crippen LogP contribution is -2.47. The van der Waals surface area contributed by atoms with Gasteiger partial charge < -0.3 is 10.0 Å². The zero-order valence-electron chi connectivity index (χ0n) is 12.3. The molecule has 0 spiro atoms. The van der Waals surface area contributed by atoms with Crippen molar-refractivity contribution in [2.75, 3.05) is 31.1 Å². The maximum atomic E-state index is 10.2. The first-order chi connectivity index (χ1) is 9.74. The van der Waals surface area contributed by atoms with Crippen molar-refractivity contribution in [1.82, 2.24) is 9.88 Å². The summed E-state index contributed by atoms with van der Waals surface area (Å²) in [4.78, 5) is 9.53. The van der Waals surface area contributed by atoms with Gasteiger partial charge in [-0.3, -0.25) is 4.90 Å². The van der Waals surface area contributed by atoms with E-state index in [-0.39, 0.29) is 6.10 Å². The number of hydrogen-bond donors (Lipinski definition) is 1. The summed E-state index contributed by atoms with van der Waals surface area (Å²) in [5.41, 5.74) is 1.12. The van der Waals surface area contributed by atoms with Crippen molar-refractivity contribution in [3.63, 3.8) is 0 Å². The van der Waals surface area contributed by atoms with Gasteiger partial charge >= 0.3 is 0 Å². The van der Waals surface area contributed by atoms with E-state index in [1.54, 1.807) is 11.3 Å². The molecule has 1 N–H and O–H groups in total. The molecule has 4 nitrogen and oxygen atoms in total. The molecule has 2 aliphatic rings. The first-order valence-corrected chi connectivity index (χ1v) is 8.71. The molecule has 2 heterocycles. The maximum absolute atomic E-state index is 10.2. The second-order valence-corrected chi connectivity index (χ2v) is 6.90. The van der Waals surface area contributed by atoms with Crippen LogP contribution in [0, 0.1) is 6.92 Å². The third-order valence-electron chi connectivity index (χ3n) is 4.57. The topological polar surface area (TPSA) is 39.6 Å². The van der Waals surface area contributed by atoms with Crippen LogP contribution >= 0.6 is 11.3 Å². The van der Waals surface area contributed by atoms with E-state index in [0.29, 0.717) is 6.04 Å². The van der Waals surface area contributed by atoms with Gasteiger partial charge in [-0.05, 0) is 26.2 Å². The lowest BCUT2D eigenvalue weighted by Gasteiger charge is -2.37. The average molecular weight is 295 g/mol. The highest BCUT2D eigenvalue weighted by Gasteiger charge is 2.30. The lowest BCUT2D eigenvalue weighted by molar-refractivity contribution is 0.0230. The molecule has 112 valence electrons. The smallest absolute Gasteiger partial charge is 0.185 e. The van der Waals surface area contributed by atoms with Crippen LogP contribution in [0.1, 0.15) is 37.8 Å². The number of nitrogens with zero attached hydrogens (tertiary/aromatic N) is 3. The van der Waals surface area contributed by atoms with E-state index in [9.17, 15) is 5.11 Å². The Morgan fingerprint density at radius 2 is 2.00 bits per heavy atom. The summed E-state index contributed by atoms with van der Waals surface area (Å²) in [7, 11) is 0. The Labute approximate surface area is 125 Å². The van der Waals surface area contributed by atoms with Gasteiger partial charge in [0.2, 0.25) is 0 Å². The lowest BCUT2D eigenvalue weighted by atomic mass is 9.91. The minimum Gasteiger partial charge on any atom is -0.391 e. The molecule has 5 heteroatoms. The van der Waals surface area contributed by atoms with Gasteiger partial charge in [0, 0.05) is 37.6 Å². The quantitative estimate of drug-likeness (QED) is 0.908. The van der Waals surface area contributed by atoms with Crippen LogP contribution in [0.3, 0.4) is 0 Å². The zero-order valence-corrected chi connectivity index (χ0v) is 13.1. The summed E-state index contributed by atoms with van der Waals surface area (Å²) < 4.78 is 0. The Hall–Kier alpha value is -0.650. The zero-order chi connectivity index (χ0) is 13.9. The fourth-order valence-electron chi connectivity index (χ4n) is 3.46. The molecule has 2 atom stereocenters. The fraction of sp³-hybridized carbons (Fsp3) is 0.800. The molecule has 3 rings (SSSR count). The second kappa shape index (κ2) is 6.41. The molecule has 1 aromatic heterocycles. The van der Waals surface area contributed by atoms with Crippen molar-refractivity contribution in [1.29, 1.82) is 0 Å². The number of rotatable bonds is 2. The predicted octanol–water partition coefficient (Wildman–Crippen LogP) is 2.27. The summed E-state index contributed by atoms with van der Waals surface area (Å²) in [6.45, 7) is 6.36. The molecule has 0 aromatic carbocycles. The Kier molecular flexibility index (Phi) is 4.58. The van der Waals surface area contributed by atoms with Gasteiger partial charge in [0.25, 0.3) is 0 Å². The van der Waals surface area contributed by atoms with Gasteiger partial charge in [-0.25, -0.2) is 4.98 Å². The van der Waals surface area contributed by atoms with Gasteiger partial charge in [-0.1, -0.05) is 12.8 Å². The van der Waals surface area contributed by atoms with Crippen LogP contribution in [0.2, 0.25) is 0 Å². The van der Waals surface area contributed by atoms with Crippen molar-refractivity contribution in [2.45, 2.75) is 51.2 Å². The Balaban J connectivity index is 1.61. The van der Waals surface area contributed by atoms with E-state index in [1.165, 1.54) is 19.3 Å². The number of thiazole rings is 1. The summed E-state index contributed by atoms with van der Waals surface area (Å²) in [5.74, 6) is 0. The number of aliphatic hydroxyl groups is 1. The van der Waals surface area contributed by atoms with Crippen molar-refractivity contribution >= 4 is 16.5 Å². The minimum absolute atomic E-state index is 0.114. The highest BCUT2D eigenvalue weighted by molar-refractivity contribution is 7.13. The Bertz CT molecular complexity index is 437. The first kappa shape index (κ1) is 14.3. The van der Waals surface area contributed by atoms with Crippen molar-refractivity contribution in [2.24, 2.45) is 0 Å². The Morgan fingerprint density at radius 3 is 2.75 bits per heavy atom. The van der Waals surface area contributed by atoms with Crippen molar-refractivity contribution < 1.29 is 5.11 Å². The van der Waals surface area contributed by atoms with Crippen LogP contribution in [-0.4, -0.2) is 53.3 Å². The fourth-order valence-corrected chi connectivity index (χ4v) is 4.32. The van der Waals surface area contributed by atoms with Gasteiger partial charge in [0.05, 0.1) is 11.8 Å². The van der Waals surface area contributed by atoms with Gasteiger partial charge in [0.15, 0.2) is 5.13 Å². The largest absolute Gasteiger partial charge is 0.391 e. The van der Waals surface area contributed by atoms with Crippen LogP contribution in [0.4, 0.5) is 5.13 Å². The predicted molar refractivity (Wildman–Crippen MR) is 83.5 cm³/mol. The molecule has 1 aliphatic carbocycles.